The van der Waals surface area contributed by atoms with Gasteiger partial charge in [-0.2, -0.15) is 0 Å². The summed E-state index contributed by atoms with van der Waals surface area (Å²) in [7, 11) is 0. The molecule has 0 aromatic heterocycles. The van der Waals surface area contributed by atoms with Gasteiger partial charge in [0.2, 0.25) is 0 Å². The molecule has 0 spiro atoms. The molecule has 0 bridgehead atoms. The Morgan fingerprint density at radius 3 is 2.33 bits per heavy atom. The van der Waals surface area contributed by atoms with E-state index < -0.39 is 0 Å². The zero-order chi connectivity index (χ0) is 17.0. The molecule has 1 atom stereocenters. The molecule has 1 nitrogen and oxygen atoms in total. The molecular weight excluding hydrogens is 292 g/mol. The van der Waals surface area contributed by atoms with Gasteiger partial charge >= 0.3 is 0 Å². The van der Waals surface area contributed by atoms with Crippen LogP contribution in [0.3, 0.4) is 0 Å². The van der Waals surface area contributed by atoms with Gasteiger partial charge in [-0.3, -0.25) is 0 Å². The summed E-state index contributed by atoms with van der Waals surface area (Å²) in [5.74, 6) is 0. The molecule has 24 heavy (non-hydrogen) atoms. The largest absolute Gasteiger partial charge is 0.373 e. The molecule has 0 aliphatic heterocycles. The summed E-state index contributed by atoms with van der Waals surface area (Å²) < 4.78 is 6.24. The quantitative estimate of drug-likeness (QED) is 0.654. The first kappa shape index (κ1) is 16.7. The first-order valence-corrected chi connectivity index (χ1v) is 8.65. The molecule has 124 valence electrons. The maximum Gasteiger partial charge on any atom is 0.0720 e. The van der Waals surface area contributed by atoms with Crippen LogP contribution < -0.4 is 0 Å². The predicted molar refractivity (Wildman–Crippen MR) is 102 cm³/mol. The van der Waals surface area contributed by atoms with Crippen molar-refractivity contribution >= 4 is 5.57 Å². The van der Waals surface area contributed by atoms with Crippen LogP contribution in [0, 0.1) is 5.41 Å². The van der Waals surface area contributed by atoms with Crippen molar-refractivity contribution in [2.75, 3.05) is 0 Å². The fourth-order valence-corrected chi connectivity index (χ4v) is 3.43. The second kappa shape index (κ2) is 7.19. The SMILES string of the molecule is C=C(C1=CC(C)(C)CC(OCc2ccccc2)C1)c1ccccc1. The van der Waals surface area contributed by atoms with E-state index in [2.05, 4.69) is 75.0 Å². The van der Waals surface area contributed by atoms with Gasteiger partial charge in [0.05, 0.1) is 12.7 Å². The Morgan fingerprint density at radius 2 is 1.67 bits per heavy atom. The fourth-order valence-electron chi connectivity index (χ4n) is 3.43. The molecule has 1 aliphatic rings. The highest BCUT2D eigenvalue weighted by Gasteiger charge is 2.29. The Morgan fingerprint density at radius 1 is 1.04 bits per heavy atom. The van der Waals surface area contributed by atoms with Crippen LogP contribution in [0.15, 0.2) is 78.9 Å². The van der Waals surface area contributed by atoms with Crippen LogP contribution in [0.25, 0.3) is 5.57 Å². The van der Waals surface area contributed by atoms with Crippen molar-refractivity contribution in [3.8, 4) is 0 Å². The lowest BCUT2D eigenvalue weighted by Crippen LogP contribution is -2.27. The van der Waals surface area contributed by atoms with E-state index in [1.807, 2.05) is 12.1 Å². The summed E-state index contributed by atoms with van der Waals surface area (Å²) >= 11 is 0. The molecule has 0 N–H and O–H groups in total. The maximum absolute atomic E-state index is 6.24. The van der Waals surface area contributed by atoms with Crippen LogP contribution in [0.4, 0.5) is 0 Å². The van der Waals surface area contributed by atoms with Crippen LogP contribution in [0.1, 0.15) is 37.8 Å². The third-order valence-electron chi connectivity index (χ3n) is 4.60. The Bertz CT molecular complexity index is 710. The standard InChI is InChI=1S/C23H26O/c1-18(20-12-8-5-9-13-20)21-14-22(16-23(2,3)15-21)24-17-19-10-6-4-7-11-19/h4-13,15,22H,1,14,16-17H2,2-3H3. The van der Waals surface area contributed by atoms with Crippen LogP contribution in [0.2, 0.25) is 0 Å². The van der Waals surface area contributed by atoms with Gasteiger partial charge in [-0.1, -0.05) is 87.2 Å². The van der Waals surface area contributed by atoms with Crippen LogP contribution in [-0.4, -0.2) is 6.10 Å². The third-order valence-corrected chi connectivity index (χ3v) is 4.60. The van der Waals surface area contributed by atoms with E-state index in [0.717, 1.165) is 18.4 Å². The van der Waals surface area contributed by atoms with Crippen LogP contribution >= 0.6 is 0 Å². The highest BCUT2D eigenvalue weighted by molar-refractivity contribution is 5.77. The van der Waals surface area contributed by atoms with Crippen molar-refractivity contribution in [3.63, 3.8) is 0 Å². The number of rotatable bonds is 5. The second-order valence-electron chi connectivity index (χ2n) is 7.33. The Balaban J connectivity index is 1.71. The summed E-state index contributed by atoms with van der Waals surface area (Å²) in [6.07, 6.45) is 4.60. The minimum Gasteiger partial charge on any atom is -0.373 e. The van der Waals surface area contributed by atoms with E-state index in [9.17, 15) is 0 Å². The summed E-state index contributed by atoms with van der Waals surface area (Å²) in [4.78, 5) is 0. The first-order chi connectivity index (χ1) is 11.5. The highest BCUT2D eigenvalue weighted by atomic mass is 16.5. The molecule has 2 aromatic carbocycles. The van der Waals surface area contributed by atoms with Crippen molar-refractivity contribution in [2.24, 2.45) is 5.41 Å². The Hall–Kier alpha value is -2.12. The predicted octanol–water partition coefficient (Wildman–Crippen LogP) is 6.03. The second-order valence-corrected chi connectivity index (χ2v) is 7.33. The van der Waals surface area contributed by atoms with Crippen molar-refractivity contribution in [1.29, 1.82) is 0 Å². The van der Waals surface area contributed by atoms with E-state index in [1.54, 1.807) is 0 Å². The Labute approximate surface area is 145 Å². The molecule has 0 amide bonds. The first-order valence-electron chi connectivity index (χ1n) is 8.65. The van der Waals surface area contributed by atoms with Crippen LogP contribution in [-0.2, 0) is 11.3 Å². The monoisotopic (exact) mass is 318 g/mol. The molecule has 1 heteroatoms. The minimum atomic E-state index is 0.132. The highest BCUT2D eigenvalue weighted by Crippen LogP contribution is 2.39. The van der Waals surface area contributed by atoms with Gasteiger partial charge in [-0.15, -0.1) is 0 Å². The molecule has 3 rings (SSSR count). The van der Waals surface area contributed by atoms with Gasteiger partial charge in [0.1, 0.15) is 0 Å². The van der Waals surface area contributed by atoms with Crippen molar-refractivity contribution in [3.05, 3.63) is 90.0 Å². The zero-order valence-electron chi connectivity index (χ0n) is 14.7. The molecule has 0 saturated carbocycles. The van der Waals surface area contributed by atoms with E-state index in [4.69, 9.17) is 4.74 Å². The molecule has 0 saturated heterocycles. The average Bonchev–Trinajstić information content (AvgIpc) is 2.60. The van der Waals surface area contributed by atoms with Crippen molar-refractivity contribution < 1.29 is 4.74 Å². The molecule has 0 heterocycles. The number of allylic oxidation sites excluding steroid dienone is 2. The topological polar surface area (TPSA) is 9.23 Å². The lowest BCUT2D eigenvalue weighted by molar-refractivity contribution is 0.0145. The van der Waals surface area contributed by atoms with Crippen LogP contribution in [0.5, 0.6) is 0 Å². The Kier molecular flexibility index (Phi) is 5.01. The van der Waals surface area contributed by atoms with E-state index in [1.165, 1.54) is 16.7 Å². The van der Waals surface area contributed by atoms with Gasteiger partial charge in [-0.05, 0) is 40.5 Å². The van der Waals surface area contributed by atoms with E-state index >= 15 is 0 Å². The normalized spacial score (nSPS) is 19.6. The summed E-state index contributed by atoms with van der Waals surface area (Å²) in [5.41, 5.74) is 5.00. The lowest BCUT2D eigenvalue weighted by Gasteiger charge is -2.34. The average molecular weight is 318 g/mol. The zero-order valence-corrected chi connectivity index (χ0v) is 14.7. The fraction of sp³-hybridized carbons (Fsp3) is 0.304. The van der Waals surface area contributed by atoms with E-state index in [-0.39, 0.29) is 11.5 Å². The van der Waals surface area contributed by atoms with E-state index in [0.29, 0.717) is 6.61 Å². The number of hydrogen-bond donors (Lipinski definition) is 0. The smallest absolute Gasteiger partial charge is 0.0720 e. The molecular formula is C23H26O. The molecule has 1 aliphatic carbocycles. The molecule has 0 radical (unpaired) electrons. The molecule has 0 fully saturated rings. The molecule has 2 aromatic rings. The summed E-state index contributed by atoms with van der Waals surface area (Å²) in [6.45, 7) is 9.58. The van der Waals surface area contributed by atoms with Crippen molar-refractivity contribution in [1.82, 2.24) is 0 Å². The minimum absolute atomic E-state index is 0.132. The van der Waals surface area contributed by atoms with Gasteiger partial charge in [0, 0.05) is 0 Å². The summed E-state index contributed by atoms with van der Waals surface area (Å²) in [6, 6.07) is 20.8. The van der Waals surface area contributed by atoms with Gasteiger partial charge < -0.3 is 4.74 Å². The maximum atomic E-state index is 6.24. The van der Waals surface area contributed by atoms with Gasteiger partial charge in [0.25, 0.3) is 0 Å². The molecule has 1 unspecified atom stereocenters. The number of benzene rings is 2. The van der Waals surface area contributed by atoms with Gasteiger partial charge in [0.15, 0.2) is 0 Å². The third kappa shape index (κ3) is 4.24. The van der Waals surface area contributed by atoms with Gasteiger partial charge in [-0.25, -0.2) is 0 Å². The van der Waals surface area contributed by atoms with Crippen molar-refractivity contribution in [2.45, 2.75) is 39.4 Å². The number of hydrogen-bond acceptors (Lipinski definition) is 1. The number of ether oxygens (including phenoxy) is 1. The lowest BCUT2D eigenvalue weighted by atomic mass is 9.75. The summed E-state index contributed by atoms with van der Waals surface area (Å²) in [5, 5.41) is 0.